The Hall–Kier alpha value is -0.510. The van der Waals surface area contributed by atoms with E-state index in [1.165, 1.54) is 16.5 Å². The average Bonchev–Trinajstić information content (AvgIpc) is 2.50. The van der Waals surface area contributed by atoms with E-state index < -0.39 is 0 Å². The molecule has 0 unspecified atom stereocenters. The number of aromatic nitrogens is 1. The van der Waals surface area contributed by atoms with Gasteiger partial charge in [-0.2, -0.15) is 0 Å². The number of H-pyrrole nitrogens is 1. The smallest absolute Gasteiger partial charge is 0.0454 e. The van der Waals surface area contributed by atoms with E-state index in [9.17, 15) is 0 Å². The predicted octanol–water partition coefficient (Wildman–Crippen LogP) is 3.10. The van der Waals surface area contributed by atoms with Gasteiger partial charge in [-0.05, 0) is 29.1 Å². The second-order valence-corrected chi connectivity index (χ2v) is 3.30. The van der Waals surface area contributed by atoms with Crippen molar-refractivity contribution >= 4 is 33.5 Å². The lowest BCUT2D eigenvalue weighted by atomic mass is 10.2. The van der Waals surface area contributed by atoms with E-state index in [2.05, 4.69) is 51.8 Å². The van der Waals surface area contributed by atoms with Crippen molar-refractivity contribution in [2.24, 2.45) is 0 Å². The molecule has 1 nitrogen and oxygen atoms in total. The van der Waals surface area contributed by atoms with Crippen LogP contribution >= 0.6 is 22.6 Å². The van der Waals surface area contributed by atoms with Crippen LogP contribution in [0.4, 0.5) is 0 Å². The third-order valence-electron chi connectivity index (χ3n) is 1.77. The van der Waals surface area contributed by atoms with Crippen LogP contribution in [0.2, 0.25) is 0 Å². The molecule has 2 rings (SSSR count). The van der Waals surface area contributed by atoms with Crippen LogP contribution in [-0.4, -0.2) is 4.98 Å². The molecule has 56 valence electrons. The Morgan fingerprint density at radius 2 is 2.18 bits per heavy atom. The first-order chi connectivity index (χ1) is 5.40. The molecule has 0 aliphatic heterocycles. The quantitative estimate of drug-likeness (QED) is 0.596. The van der Waals surface area contributed by atoms with Crippen molar-refractivity contribution in [3.63, 3.8) is 0 Å². The van der Waals surface area contributed by atoms with Gasteiger partial charge in [0.2, 0.25) is 0 Å². The molecule has 0 aliphatic rings. The Labute approximate surface area is 78.9 Å². The number of aromatic amines is 1. The summed E-state index contributed by atoms with van der Waals surface area (Å²) in [6, 6.07) is 8.61. The first-order valence-electron chi connectivity index (χ1n) is 3.52. The van der Waals surface area contributed by atoms with Gasteiger partial charge in [0.25, 0.3) is 0 Å². The molecule has 11 heavy (non-hydrogen) atoms. The van der Waals surface area contributed by atoms with Gasteiger partial charge < -0.3 is 4.98 Å². The van der Waals surface area contributed by atoms with Crippen LogP contribution in [0.15, 0.2) is 30.5 Å². The zero-order chi connectivity index (χ0) is 7.68. The van der Waals surface area contributed by atoms with Crippen LogP contribution in [0.1, 0.15) is 5.56 Å². The van der Waals surface area contributed by atoms with E-state index in [0.29, 0.717) is 0 Å². The highest BCUT2D eigenvalue weighted by Crippen LogP contribution is 2.15. The second kappa shape index (κ2) is 2.85. The van der Waals surface area contributed by atoms with Crippen molar-refractivity contribution in [1.29, 1.82) is 0 Å². The minimum absolute atomic E-state index is 1.08. The SMILES string of the molecule is ICc1ccc2[nH]ccc2c1. The molecule has 0 amide bonds. The largest absolute Gasteiger partial charge is 0.361 e. The van der Waals surface area contributed by atoms with Crippen molar-refractivity contribution in [2.75, 3.05) is 0 Å². The Morgan fingerprint density at radius 1 is 1.27 bits per heavy atom. The van der Waals surface area contributed by atoms with Crippen LogP contribution in [-0.2, 0) is 4.43 Å². The van der Waals surface area contributed by atoms with Gasteiger partial charge in [-0.3, -0.25) is 0 Å². The summed E-state index contributed by atoms with van der Waals surface area (Å²) >= 11 is 2.37. The fourth-order valence-corrected chi connectivity index (χ4v) is 1.66. The molecular formula is C9H8IN. The second-order valence-electron chi connectivity index (χ2n) is 2.53. The standard InChI is InChI=1S/C9H8IN/c10-6-7-1-2-9-8(5-7)3-4-11-9/h1-5,11H,6H2. The summed E-state index contributed by atoms with van der Waals surface area (Å²) in [5, 5.41) is 1.30. The van der Waals surface area contributed by atoms with Crippen molar-refractivity contribution in [2.45, 2.75) is 4.43 Å². The molecule has 0 atom stereocenters. The molecule has 0 aliphatic carbocycles. The highest BCUT2D eigenvalue weighted by Gasteiger charge is 1.94. The van der Waals surface area contributed by atoms with Crippen LogP contribution in [0.25, 0.3) is 10.9 Å². The number of hydrogen-bond acceptors (Lipinski definition) is 0. The summed E-state index contributed by atoms with van der Waals surface area (Å²) in [6.07, 6.45) is 1.97. The third kappa shape index (κ3) is 1.27. The van der Waals surface area contributed by atoms with Gasteiger partial charge in [0.05, 0.1) is 0 Å². The first kappa shape index (κ1) is 7.16. The number of rotatable bonds is 1. The van der Waals surface area contributed by atoms with Crippen molar-refractivity contribution in [1.82, 2.24) is 4.98 Å². The van der Waals surface area contributed by atoms with Crippen LogP contribution in [0.3, 0.4) is 0 Å². The number of halogens is 1. The molecule has 0 fully saturated rings. The number of hydrogen-bond donors (Lipinski definition) is 1. The van der Waals surface area contributed by atoms with E-state index in [0.717, 1.165) is 4.43 Å². The number of alkyl halides is 1. The summed E-state index contributed by atoms with van der Waals surface area (Å²) in [5.74, 6) is 0. The molecule has 0 bridgehead atoms. The van der Waals surface area contributed by atoms with Gasteiger partial charge in [0.1, 0.15) is 0 Å². The van der Waals surface area contributed by atoms with Crippen molar-refractivity contribution < 1.29 is 0 Å². The lowest BCUT2D eigenvalue weighted by Gasteiger charge is -1.94. The minimum atomic E-state index is 1.08. The lowest BCUT2D eigenvalue weighted by molar-refractivity contribution is 1.45. The normalized spacial score (nSPS) is 10.6. The molecule has 1 heterocycles. The molecule has 1 aromatic carbocycles. The van der Waals surface area contributed by atoms with E-state index in [4.69, 9.17) is 0 Å². The first-order valence-corrected chi connectivity index (χ1v) is 5.05. The lowest BCUT2D eigenvalue weighted by Crippen LogP contribution is -1.74. The Balaban J connectivity index is 2.67. The minimum Gasteiger partial charge on any atom is -0.361 e. The molecule has 0 radical (unpaired) electrons. The zero-order valence-electron chi connectivity index (χ0n) is 5.97. The van der Waals surface area contributed by atoms with Gasteiger partial charge in [-0.25, -0.2) is 0 Å². The van der Waals surface area contributed by atoms with Gasteiger partial charge in [0, 0.05) is 16.1 Å². The topological polar surface area (TPSA) is 15.8 Å². The Morgan fingerprint density at radius 3 is 3.00 bits per heavy atom. The maximum Gasteiger partial charge on any atom is 0.0454 e. The Kier molecular flexibility index (Phi) is 1.85. The van der Waals surface area contributed by atoms with Crippen LogP contribution < -0.4 is 0 Å². The maximum absolute atomic E-state index is 3.17. The summed E-state index contributed by atoms with van der Waals surface area (Å²) < 4.78 is 1.08. The van der Waals surface area contributed by atoms with Gasteiger partial charge in [-0.1, -0.05) is 28.7 Å². The van der Waals surface area contributed by atoms with Gasteiger partial charge in [0.15, 0.2) is 0 Å². The Bertz CT molecular complexity index is 364. The zero-order valence-corrected chi connectivity index (χ0v) is 8.13. The summed E-state index contributed by atoms with van der Waals surface area (Å²) in [5.41, 5.74) is 2.61. The molecule has 1 aromatic heterocycles. The fraction of sp³-hybridized carbons (Fsp3) is 0.111. The van der Waals surface area contributed by atoms with Crippen LogP contribution in [0.5, 0.6) is 0 Å². The molecular weight excluding hydrogens is 249 g/mol. The maximum atomic E-state index is 3.17. The number of fused-ring (bicyclic) bond motifs is 1. The summed E-state index contributed by atoms with van der Waals surface area (Å²) in [6.45, 7) is 0. The predicted molar refractivity (Wildman–Crippen MR) is 56.0 cm³/mol. The van der Waals surface area contributed by atoms with E-state index in [-0.39, 0.29) is 0 Å². The van der Waals surface area contributed by atoms with E-state index >= 15 is 0 Å². The molecule has 0 spiro atoms. The molecule has 2 heteroatoms. The highest BCUT2D eigenvalue weighted by atomic mass is 127. The monoisotopic (exact) mass is 257 g/mol. The number of nitrogens with one attached hydrogen (secondary N) is 1. The van der Waals surface area contributed by atoms with Crippen LogP contribution in [0, 0.1) is 0 Å². The third-order valence-corrected chi connectivity index (χ3v) is 2.65. The van der Waals surface area contributed by atoms with Crippen molar-refractivity contribution in [3.8, 4) is 0 Å². The van der Waals surface area contributed by atoms with E-state index in [1.54, 1.807) is 0 Å². The molecule has 0 saturated carbocycles. The van der Waals surface area contributed by atoms with E-state index in [1.807, 2.05) is 6.20 Å². The van der Waals surface area contributed by atoms with Crippen molar-refractivity contribution in [3.05, 3.63) is 36.0 Å². The van der Waals surface area contributed by atoms with Gasteiger partial charge >= 0.3 is 0 Å². The molecule has 1 N–H and O–H groups in total. The average molecular weight is 257 g/mol. The summed E-state index contributed by atoms with van der Waals surface area (Å²) in [7, 11) is 0. The molecule has 0 saturated heterocycles. The number of benzene rings is 1. The van der Waals surface area contributed by atoms with Gasteiger partial charge in [-0.15, -0.1) is 0 Å². The summed E-state index contributed by atoms with van der Waals surface area (Å²) in [4.78, 5) is 3.17. The fourth-order valence-electron chi connectivity index (χ4n) is 1.19. The highest BCUT2D eigenvalue weighted by molar-refractivity contribution is 14.1. The molecule has 2 aromatic rings.